The number of ether oxygens (including phenoxy) is 1. The highest BCUT2D eigenvalue weighted by Crippen LogP contribution is 2.28. The Morgan fingerprint density at radius 1 is 1.07 bits per heavy atom. The van der Waals surface area contributed by atoms with E-state index >= 15 is 0 Å². The summed E-state index contributed by atoms with van der Waals surface area (Å²) in [5.41, 5.74) is 0.461. The lowest BCUT2D eigenvalue weighted by Crippen LogP contribution is -2.39. The van der Waals surface area contributed by atoms with Crippen LogP contribution in [0.2, 0.25) is 0 Å². The first-order valence-corrected chi connectivity index (χ1v) is 6.26. The van der Waals surface area contributed by atoms with Crippen LogP contribution in [0.1, 0.15) is 33.1 Å². The van der Waals surface area contributed by atoms with Crippen molar-refractivity contribution in [3.63, 3.8) is 0 Å². The molecule has 0 unspecified atom stereocenters. The molecule has 3 heteroatoms. The van der Waals surface area contributed by atoms with Crippen LogP contribution in [0.15, 0.2) is 0 Å². The largest absolute Gasteiger partial charge is 0.381 e. The fraction of sp³-hybridized carbons (Fsp3) is 1.00. The van der Waals surface area contributed by atoms with E-state index in [1.165, 1.54) is 19.3 Å². The lowest BCUT2D eigenvalue weighted by molar-refractivity contribution is 0.0242. The molecule has 0 saturated carbocycles. The van der Waals surface area contributed by atoms with Crippen LogP contribution >= 0.6 is 0 Å². The van der Waals surface area contributed by atoms with Gasteiger partial charge in [0.1, 0.15) is 0 Å². The van der Waals surface area contributed by atoms with Crippen molar-refractivity contribution in [2.45, 2.75) is 33.1 Å². The lowest BCUT2D eigenvalue weighted by Gasteiger charge is -2.33. The molecule has 1 heterocycles. The molecule has 3 nitrogen and oxygen atoms in total. The summed E-state index contributed by atoms with van der Waals surface area (Å²) in [6, 6.07) is 0. The van der Waals surface area contributed by atoms with Crippen LogP contribution in [0.4, 0.5) is 0 Å². The fourth-order valence-corrected chi connectivity index (χ4v) is 1.91. The molecule has 15 heavy (non-hydrogen) atoms. The summed E-state index contributed by atoms with van der Waals surface area (Å²) >= 11 is 0. The van der Waals surface area contributed by atoms with Crippen molar-refractivity contribution in [2.24, 2.45) is 5.41 Å². The van der Waals surface area contributed by atoms with Crippen molar-refractivity contribution >= 4 is 0 Å². The predicted molar refractivity (Wildman–Crippen MR) is 64.2 cm³/mol. The predicted octanol–water partition coefficient (Wildman–Crippen LogP) is 1.39. The maximum absolute atomic E-state index is 5.38. The fourth-order valence-electron chi connectivity index (χ4n) is 1.91. The Bertz CT molecular complexity index is 156. The monoisotopic (exact) mass is 214 g/mol. The highest BCUT2D eigenvalue weighted by Gasteiger charge is 2.26. The van der Waals surface area contributed by atoms with E-state index in [0.717, 1.165) is 39.4 Å². The SMILES string of the molecule is CCCNCCNCC1(C)CCOCC1. The van der Waals surface area contributed by atoms with Gasteiger partial charge in [0.15, 0.2) is 0 Å². The van der Waals surface area contributed by atoms with E-state index in [2.05, 4.69) is 24.5 Å². The van der Waals surface area contributed by atoms with E-state index in [1.54, 1.807) is 0 Å². The zero-order valence-corrected chi connectivity index (χ0v) is 10.3. The van der Waals surface area contributed by atoms with Crippen LogP contribution in [-0.2, 0) is 4.74 Å². The van der Waals surface area contributed by atoms with Crippen molar-refractivity contribution in [3.05, 3.63) is 0 Å². The third kappa shape index (κ3) is 5.50. The maximum atomic E-state index is 5.38. The molecule has 1 aliphatic heterocycles. The molecule has 0 aromatic rings. The lowest BCUT2D eigenvalue weighted by atomic mass is 9.82. The van der Waals surface area contributed by atoms with Gasteiger partial charge in [-0.25, -0.2) is 0 Å². The minimum Gasteiger partial charge on any atom is -0.381 e. The van der Waals surface area contributed by atoms with E-state index in [0.29, 0.717) is 5.41 Å². The Kier molecular flexibility index (Phi) is 6.22. The Labute approximate surface area is 94.0 Å². The van der Waals surface area contributed by atoms with Crippen molar-refractivity contribution < 1.29 is 4.74 Å². The van der Waals surface area contributed by atoms with E-state index in [4.69, 9.17) is 4.74 Å². The highest BCUT2D eigenvalue weighted by molar-refractivity contribution is 4.79. The molecule has 1 saturated heterocycles. The first-order chi connectivity index (χ1) is 7.27. The van der Waals surface area contributed by atoms with Crippen LogP contribution < -0.4 is 10.6 Å². The third-order valence-electron chi connectivity index (χ3n) is 3.16. The Morgan fingerprint density at radius 2 is 1.73 bits per heavy atom. The minimum atomic E-state index is 0.461. The van der Waals surface area contributed by atoms with Gasteiger partial charge < -0.3 is 15.4 Å². The van der Waals surface area contributed by atoms with Crippen LogP contribution in [0.25, 0.3) is 0 Å². The number of hydrogen-bond acceptors (Lipinski definition) is 3. The third-order valence-corrected chi connectivity index (χ3v) is 3.16. The molecule has 0 aromatic heterocycles. The van der Waals surface area contributed by atoms with Crippen LogP contribution in [0.5, 0.6) is 0 Å². The number of nitrogens with one attached hydrogen (secondary N) is 2. The van der Waals surface area contributed by atoms with E-state index in [9.17, 15) is 0 Å². The molecule has 2 N–H and O–H groups in total. The van der Waals surface area contributed by atoms with Crippen LogP contribution in [0.3, 0.4) is 0 Å². The van der Waals surface area contributed by atoms with Crippen molar-refractivity contribution in [1.82, 2.24) is 10.6 Å². The second-order valence-electron chi connectivity index (χ2n) is 4.85. The summed E-state index contributed by atoms with van der Waals surface area (Å²) in [4.78, 5) is 0. The van der Waals surface area contributed by atoms with Gasteiger partial charge in [-0.3, -0.25) is 0 Å². The van der Waals surface area contributed by atoms with Gasteiger partial charge in [-0.05, 0) is 31.2 Å². The summed E-state index contributed by atoms with van der Waals surface area (Å²) in [6.45, 7) is 10.9. The smallest absolute Gasteiger partial charge is 0.0471 e. The second-order valence-corrected chi connectivity index (χ2v) is 4.85. The van der Waals surface area contributed by atoms with Gasteiger partial charge in [0.25, 0.3) is 0 Å². The first-order valence-electron chi connectivity index (χ1n) is 6.26. The van der Waals surface area contributed by atoms with E-state index in [-0.39, 0.29) is 0 Å². The molecule has 0 aromatic carbocycles. The first kappa shape index (κ1) is 12.9. The molecule has 0 amide bonds. The molecule has 0 bridgehead atoms. The second kappa shape index (κ2) is 7.20. The van der Waals surface area contributed by atoms with Gasteiger partial charge in [0, 0.05) is 32.8 Å². The maximum Gasteiger partial charge on any atom is 0.0471 e. The normalized spacial score (nSPS) is 20.4. The Balaban J connectivity index is 1.98. The van der Waals surface area contributed by atoms with E-state index < -0.39 is 0 Å². The topological polar surface area (TPSA) is 33.3 Å². The molecule has 1 rings (SSSR count). The molecule has 90 valence electrons. The summed E-state index contributed by atoms with van der Waals surface area (Å²) in [5.74, 6) is 0. The molecular formula is C12H26N2O. The average Bonchev–Trinajstić information content (AvgIpc) is 2.24. The van der Waals surface area contributed by atoms with Gasteiger partial charge in [-0.1, -0.05) is 13.8 Å². The standard InChI is InChI=1S/C12H26N2O/c1-3-6-13-7-8-14-11-12(2)4-9-15-10-5-12/h13-14H,3-11H2,1-2H3. The zero-order chi connectivity index (χ0) is 11.0. The van der Waals surface area contributed by atoms with Gasteiger partial charge >= 0.3 is 0 Å². The van der Waals surface area contributed by atoms with Gasteiger partial charge in [-0.2, -0.15) is 0 Å². The van der Waals surface area contributed by atoms with Gasteiger partial charge in [-0.15, -0.1) is 0 Å². The van der Waals surface area contributed by atoms with Gasteiger partial charge in [0.2, 0.25) is 0 Å². The van der Waals surface area contributed by atoms with Crippen LogP contribution in [-0.4, -0.2) is 39.4 Å². The Hall–Kier alpha value is -0.120. The molecule has 1 aliphatic rings. The average molecular weight is 214 g/mol. The number of rotatable bonds is 7. The molecular weight excluding hydrogens is 188 g/mol. The molecule has 0 aliphatic carbocycles. The van der Waals surface area contributed by atoms with Crippen molar-refractivity contribution in [1.29, 1.82) is 0 Å². The quantitative estimate of drug-likeness (QED) is 0.628. The van der Waals surface area contributed by atoms with Crippen LogP contribution in [0, 0.1) is 5.41 Å². The van der Waals surface area contributed by atoms with Crippen molar-refractivity contribution in [2.75, 3.05) is 39.4 Å². The molecule has 1 fully saturated rings. The number of hydrogen-bond donors (Lipinski definition) is 2. The van der Waals surface area contributed by atoms with Gasteiger partial charge in [0.05, 0.1) is 0 Å². The minimum absolute atomic E-state index is 0.461. The zero-order valence-electron chi connectivity index (χ0n) is 10.3. The highest BCUT2D eigenvalue weighted by atomic mass is 16.5. The molecule has 0 radical (unpaired) electrons. The summed E-state index contributed by atoms with van der Waals surface area (Å²) in [7, 11) is 0. The molecule has 0 atom stereocenters. The summed E-state index contributed by atoms with van der Waals surface area (Å²) in [5, 5.41) is 6.93. The van der Waals surface area contributed by atoms with E-state index in [1.807, 2.05) is 0 Å². The Morgan fingerprint density at radius 3 is 2.40 bits per heavy atom. The summed E-state index contributed by atoms with van der Waals surface area (Å²) < 4.78 is 5.38. The summed E-state index contributed by atoms with van der Waals surface area (Å²) in [6.07, 6.45) is 3.61. The molecule has 0 spiro atoms. The van der Waals surface area contributed by atoms with Crippen molar-refractivity contribution in [3.8, 4) is 0 Å².